The fourth-order valence-corrected chi connectivity index (χ4v) is 8.77. The Labute approximate surface area is 392 Å². The largest absolute Gasteiger partial charge is 0.394 e. The molecule has 6 aliphatic heterocycles. The van der Waals surface area contributed by atoms with Gasteiger partial charge in [-0.2, -0.15) is 0 Å². The van der Waals surface area contributed by atoms with E-state index in [1.54, 1.807) is 0 Å². The summed E-state index contributed by atoms with van der Waals surface area (Å²) in [6.45, 7) is 0.102. The van der Waals surface area contributed by atoms with Crippen LogP contribution in [0.4, 0.5) is 0 Å². The number of ether oxygens (including phenoxy) is 12. The van der Waals surface area contributed by atoms with Crippen molar-refractivity contribution in [2.24, 2.45) is 5.73 Å². The van der Waals surface area contributed by atoms with Gasteiger partial charge >= 0.3 is 0 Å². The topological polar surface area (TPSA) is 481 Å². The minimum atomic E-state index is -2.15. The molecule has 6 heterocycles. The Morgan fingerprint density at radius 1 is 0.377 bits per heavy atom. The molecule has 6 rings (SSSR count). The molecule has 0 aromatic heterocycles. The Bertz CT molecular complexity index is 1580. The van der Waals surface area contributed by atoms with Crippen LogP contribution in [0.3, 0.4) is 0 Å². The second-order valence-electron chi connectivity index (χ2n) is 17.4. The summed E-state index contributed by atoms with van der Waals surface area (Å²) in [4.78, 5) is 0. The Morgan fingerprint density at radius 2 is 0.754 bits per heavy atom. The molecule has 6 fully saturated rings. The van der Waals surface area contributed by atoms with E-state index in [1.807, 2.05) is 0 Å². The van der Waals surface area contributed by atoms with Gasteiger partial charge in [0.2, 0.25) is 0 Å². The zero-order valence-corrected chi connectivity index (χ0v) is 36.9. The van der Waals surface area contributed by atoms with E-state index in [4.69, 9.17) is 62.6 Å². The maximum Gasteiger partial charge on any atom is 0.187 e. The number of aliphatic hydroxyl groups is 17. The lowest BCUT2D eigenvalue weighted by atomic mass is 9.94. The summed E-state index contributed by atoms with van der Waals surface area (Å²) >= 11 is 0. The molecule has 6 aliphatic rings. The molecule has 0 aliphatic carbocycles. The highest BCUT2D eigenvalue weighted by atomic mass is 16.8. The lowest BCUT2D eigenvalue weighted by molar-refractivity contribution is -0.392. The summed E-state index contributed by atoms with van der Waals surface area (Å²) in [5.74, 6) is 0. The minimum Gasteiger partial charge on any atom is -0.394 e. The average Bonchev–Trinajstić information content (AvgIpc) is 3.34. The van der Waals surface area contributed by atoms with Gasteiger partial charge in [-0.15, -0.1) is 6.58 Å². The van der Waals surface area contributed by atoms with Gasteiger partial charge in [0.25, 0.3) is 0 Å². The van der Waals surface area contributed by atoms with E-state index in [1.165, 1.54) is 13.0 Å². The third-order valence-electron chi connectivity index (χ3n) is 12.8. The van der Waals surface area contributed by atoms with Crippen molar-refractivity contribution in [3.63, 3.8) is 0 Å². The zero-order chi connectivity index (χ0) is 50.8. The van der Waals surface area contributed by atoms with Crippen LogP contribution in [0.2, 0.25) is 0 Å². The monoisotopic (exact) mass is 1010 g/mol. The van der Waals surface area contributed by atoms with Crippen LogP contribution in [0.5, 0.6) is 0 Å². The molecule has 0 saturated carbocycles. The molecule has 0 radical (unpaired) electrons. The molecule has 0 amide bonds. The van der Waals surface area contributed by atoms with Crippen molar-refractivity contribution in [2.75, 3.05) is 39.6 Å². The van der Waals surface area contributed by atoms with Gasteiger partial charge in [0, 0.05) is 0 Å². The predicted octanol–water partition coefficient (Wildman–Crippen LogP) is -11.9. The van der Waals surface area contributed by atoms with E-state index in [0.717, 1.165) is 0 Å². The van der Waals surface area contributed by atoms with Crippen molar-refractivity contribution in [1.29, 1.82) is 0 Å². The van der Waals surface area contributed by atoms with E-state index in [9.17, 15) is 86.8 Å². The van der Waals surface area contributed by atoms with Gasteiger partial charge in [-0.25, -0.2) is 0 Å². The molecule has 69 heavy (non-hydrogen) atoms. The van der Waals surface area contributed by atoms with Crippen molar-refractivity contribution in [2.45, 2.75) is 191 Å². The van der Waals surface area contributed by atoms with Crippen LogP contribution in [-0.2, 0) is 56.8 Å². The highest BCUT2D eigenvalue weighted by Crippen LogP contribution is 2.37. The number of hydrogen-bond donors (Lipinski definition) is 18. The second kappa shape index (κ2) is 24.7. The van der Waals surface area contributed by atoms with Crippen molar-refractivity contribution in [1.82, 2.24) is 0 Å². The van der Waals surface area contributed by atoms with E-state index in [2.05, 4.69) is 6.58 Å². The standard InChI is InChI=1S/C39H67NO29/c1-3-4-58-35-26(55)23(52)29(14(8-44)63-35)65-37-27(56)24(53)30(15(9-45)64-37)66-38-28(57)32(20(49)13(7-43)61-38)68-34-16(40)31(19(48)12(6-42)60-34)67-39-33(22(51)18(47)11(5-41)62-39)69-36-25(54)21(50)17(46)10(2)59-36/h3,10-39,41-57H,1,4-9,40H2,2H3/t10?,11?,12?,13?,14?,15?,16?,17?,18-,19-,20-,21?,22?,23?,24?,25?,26?,27?,28?,29-,30-,31?,32?,33?,34?,35+,36?,37-,38-,39-/m0/s1. The number of hydrogen-bond acceptors (Lipinski definition) is 30. The Kier molecular flexibility index (Phi) is 20.4. The fraction of sp³-hybridized carbons (Fsp3) is 0.949. The van der Waals surface area contributed by atoms with E-state index in [0.29, 0.717) is 0 Å². The number of rotatable bonds is 18. The van der Waals surface area contributed by atoms with E-state index >= 15 is 0 Å². The van der Waals surface area contributed by atoms with Crippen LogP contribution in [0, 0.1) is 0 Å². The second-order valence-corrected chi connectivity index (χ2v) is 17.4. The van der Waals surface area contributed by atoms with Gasteiger partial charge in [0.1, 0.15) is 134 Å². The maximum atomic E-state index is 11.6. The quantitative estimate of drug-likeness (QED) is 0.0567. The normalized spacial score (nSPS) is 52.1. The molecule has 21 unspecified atom stereocenters. The van der Waals surface area contributed by atoms with Crippen molar-refractivity contribution >= 4 is 0 Å². The molecule has 30 nitrogen and oxygen atoms in total. The highest BCUT2D eigenvalue weighted by Gasteiger charge is 2.57. The Morgan fingerprint density at radius 3 is 1.30 bits per heavy atom. The fourth-order valence-electron chi connectivity index (χ4n) is 8.77. The van der Waals surface area contributed by atoms with Crippen molar-refractivity contribution < 1.29 is 144 Å². The molecule has 0 bridgehead atoms. The molecule has 6 saturated heterocycles. The summed E-state index contributed by atoms with van der Waals surface area (Å²) in [7, 11) is 0. The number of nitrogens with two attached hydrogens (primary N) is 1. The Balaban J connectivity index is 1.17. The lowest BCUT2D eigenvalue weighted by Gasteiger charge is -2.50. The van der Waals surface area contributed by atoms with Gasteiger partial charge in [0.05, 0.1) is 51.8 Å². The van der Waals surface area contributed by atoms with Crippen LogP contribution in [-0.4, -0.2) is 311 Å². The van der Waals surface area contributed by atoms with Gasteiger partial charge in [-0.1, -0.05) is 6.08 Å². The first-order valence-corrected chi connectivity index (χ1v) is 22.2. The van der Waals surface area contributed by atoms with E-state index < -0.39 is 217 Å². The molecule has 30 heteroatoms. The van der Waals surface area contributed by atoms with Crippen LogP contribution in [0.1, 0.15) is 6.92 Å². The molecular weight excluding hydrogens is 946 g/mol. The first-order chi connectivity index (χ1) is 32.8. The van der Waals surface area contributed by atoms with Gasteiger partial charge in [-0.3, -0.25) is 0 Å². The van der Waals surface area contributed by atoms with Gasteiger partial charge in [-0.05, 0) is 6.92 Å². The van der Waals surface area contributed by atoms with Crippen molar-refractivity contribution in [3.05, 3.63) is 12.7 Å². The van der Waals surface area contributed by atoms with Gasteiger partial charge < -0.3 is 149 Å². The predicted molar refractivity (Wildman–Crippen MR) is 214 cm³/mol. The molecule has 402 valence electrons. The molecule has 0 aromatic carbocycles. The molecule has 30 atom stereocenters. The number of aliphatic hydroxyl groups excluding tert-OH is 17. The van der Waals surface area contributed by atoms with Crippen LogP contribution in [0.15, 0.2) is 12.7 Å². The van der Waals surface area contributed by atoms with Gasteiger partial charge in [0.15, 0.2) is 37.7 Å². The smallest absolute Gasteiger partial charge is 0.187 e. The molecular formula is C39H67NO29. The summed E-state index contributed by atoms with van der Waals surface area (Å²) in [6.07, 6.45) is -50.5. The lowest BCUT2D eigenvalue weighted by Crippen LogP contribution is -2.69. The van der Waals surface area contributed by atoms with Crippen LogP contribution in [0.25, 0.3) is 0 Å². The molecule has 0 spiro atoms. The van der Waals surface area contributed by atoms with Crippen molar-refractivity contribution in [3.8, 4) is 0 Å². The third kappa shape index (κ3) is 11.9. The SMILES string of the molecule is C=CCO[C@@H]1OC(CO)[C@H](O[C@@H]2OC(CO)[C@H](O[C@@H]3OC(CO)[C@H](O)C(OC4OC(CO)[C@H](O)C(O[C@@H]5OC(CO)[C@H](O)C(O)C5OC5OC(C)C(O)C(O)C5O)C4N)C3O)C(O)C2O)C(O)C1O. The average molecular weight is 1010 g/mol. The Hall–Kier alpha value is -1.46. The summed E-state index contributed by atoms with van der Waals surface area (Å²) < 4.78 is 68.0. The summed E-state index contributed by atoms with van der Waals surface area (Å²) in [5.41, 5.74) is 6.50. The summed E-state index contributed by atoms with van der Waals surface area (Å²) in [5, 5.41) is 182. The maximum absolute atomic E-state index is 11.6. The van der Waals surface area contributed by atoms with E-state index in [-0.39, 0.29) is 6.61 Å². The zero-order valence-electron chi connectivity index (χ0n) is 36.9. The molecule has 0 aromatic rings. The highest BCUT2D eigenvalue weighted by molar-refractivity contribution is 5.00. The third-order valence-corrected chi connectivity index (χ3v) is 12.8. The van der Waals surface area contributed by atoms with Crippen LogP contribution >= 0.6 is 0 Å². The first-order valence-electron chi connectivity index (χ1n) is 22.2. The minimum absolute atomic E-state index is 0.101. The summed E-state index contributed by atoms with van der Waals surface area (Å²) in [6, 6.07) is -1.73. The molecule has 19 N–H and O–H groups in total. The van der Waals surface area contributed by atoms with Crippen LogP contribution < -0.4 is 5.73 Å². The first kappa shape index (κ1) is 56.8.